The fourth-order valence-corrected chi connectivity index (χ4v) is 6.35. The van der Waals surface area contributed by atoms with Crippen LogP contribution in [0, 0.1) is 11.8 Å². The van der Waals surface area contributed by atoms with E-state index in [0.29, 0.717) is 0 Å². The lowest BCUT2D eigenvalue weighted by atomic mass is 9.93. The van der Waals surface area contributed by atoms with Crippen molar-refractivity contribution in [3.05, 3.63) is 0 Å². The Balaban J connectivity index is 6.38. The Bertz CT molecular complexity index is 1920. The zero-order valence-electron chi connectivity index (χ0n) is 46.1. The van der Waals surface area contributed by atoms with Gasteiger partial charge in [0.25, 0.3) is 0 Å². The first-order chi connectivity index (χ1) is 32.3. The predicted molar refractivity (Wildman–Crippen MR) is 262 cm³/mol. The van der Waals surface area contributed by atoms with Crippen molar-refractivity contribution in [2.75, 3.05) is 0 Å². The lowest BCUT2D eigenvalue weighted by Crippen LogP contribution is -2.53. The predicted octanol–water partition coefficient (Wildman–Crippen LogP) is 6.30. The molecule has 0 aromatic heterocycles. The average molecular weight is 1030 g/mol. The van der Waals surface area contributed by atoms with Crippen molar-refractivity contribution < 1.29 is 86.3 Å². The van der Waals surface area contributed by atoms with Crippen LogP contribution in [0.1, 0.15) is 195 Å². The highest BCUT2D eigenvalue weighted by molar-refractivity contribution is 5.93. The number of nitrogens with one attached hydrogen (secondary N) is 3. The number of aliphatic carboxylic acids is 1. The maximum atomic E-state index is 13.6. The summed E-state index contributed by atoms with van der Waals surface area (Å²) < 4.78 is 32.6. The van der Waals surface area contributed by atoms with Crippen LogP contribution in [0.2, 0.25) is 0 Å². The van der Waals surface area contributed by atoms with Gasteiger partial charge in [0, 0.05) is 38.5 Å². The van der Waals surface area contributed by atoms with Gasteiger partial charge in [-0.3, -0.25) is 38.4 Å². The van der Waals surface area contributed by atoms with E-state index in [1.807, 2.05) is 0 Å². The molecule has 0 unspecified atom stereocenters. The number of Topliss-reactive ketones (excluding diaryl/α,β-unsaturated/α-hetero) is 2. The molecule has 21 heteroatoms. The van der Waals surface area contributed by atoms with Gasteiger partial charge in [-0.15, -0.1) is 0 Å². The second kappa shape index (κ2) is 28.0. The highest BCUT2D eigenvalue weighted by Gasteiger charge is 2.36. The highest BCUT2D eigenvalue weighted by atomic mass is 16.6. The molecule has 0 bridgehead atoms. The van der Waals surface area contributed by atoms with Crippen LogP contribution < -0.4 is 16.0 Å². The number of hydrogen-bond acceptors (Lipinski definition) is 17. The third-order valence-electron chi connectivity index (χ3n) is 9.11. The fourth-order valence-electron chi connectivity index (χ4n) is 6.35. The largest absolute Gasteiger partial charge is 0.481 e. The molecule has 72 heavy (non-hydrogen) atoms. The molecule has 3 amide bonds. The summed E-state index contributed by atoms with van der Waals surface area (Å²) >= 11 is 0. The first kappa shape index (κ1) is 66.4. The van der Waals surface area contributed by atoms with E-state index in [2.05, 4.69) is 16.0 Å². The van der Waals surface area contributed by atoms with Crippen LogP contribution in [0.25, 0.3) is 0 Å². The minimum absolute atomic E-state index is 0.0475. The highest BCUT2D eigenvalue weighted by Crippen LogP contribution is 2.24. The quantitative estimate of drug-likeness (QED) is 0.0545. The summed E-state index contributed by atoms with van der Waals surface area (Å²) in [6, 6.07) is -4.59. The van der Waals surface area contributed by atoms with Gasteiger partial charge < -0.3 is 49.5 Å². The number of carboxylic acid groups (broad SMARTS) is 1. The van der Waals surface area contributed by atoms with Gasteiger partial charge in [0.1, 0.15) is 63.3 Å². The number of hydrogen-bond donors (Lipinski definition) is 4. The van der Waals surface area contributed by atoms with Gasteiger partial charge in [-0.25, -0.2) is 14.4 Å². The molecule has 0 saturated heterocycles. The number of carbonyl (C=O) groups is 11. The van der Waals surface area contributed by atoms with Crippen LogP contribution in [0.3, 0.4) is 0 Å². The summed E-state index contributed by atoms with van der Waals surface area (Å²) in [5.41, 5.74) is -5.74. The Labute approximate surface area is 425 Å². The molecule has 0 aliphatic heterocycles. The van der Waals surface area contributed by atoms with Crippen LogP contribution in [0.4, 0.5) is 4.79 Å². The standard InChI is InChI=1S/C51H85N3O18/c1-46(2,3)67-39(60)26-20-31(42(63)69-48(7,8)9)28-32(55)21-23-34(43(64)70-49(10,11)12)52-37(57)25-19-30(41(62)68-47(4,5)6)27-33(56)22-24-35(44(65)71-50(13,14)15)53-40(61)36(29-38(58)59)54-45(66)72-51(16,17)18/h30-31,34-36H,19-29H2,1-18H3,(H,52,57)(H,53,61)(H,54,66)(H,58,59)/t30-,31-,34+,35+,36+/m1/s1. The number of amides is 3. The maximum absolute atomic E-state index is 13.6. The SMILES string of the molecule is CC(C)(C)OC(=O)CC[C@H](CC(=O)CC[C@H](NC(=O)CC[C@H](CC(=O)CC[C@H](NC(=O)[C@H](CC(=O)O)NC(=O)OC(C)(C)C)C(=O)OC(C)(C)C)C(=O)OC(C)(C)C)C(=O)OC(C)(C)C)C(=O)OC(C)(C)C. The molecular formula is C51H85N3O18. The third-order valence-corrected chi connectivity index (χ3v) is 9.11. The van der Waals surface area contributed by atoms with Gasteiger partial charge in [-0.05, 0) is 150 Å². The number of ketones is 2. The minimum atomic E-state index is -1.70. The normalized spacial score (nSPS) is 14.4. The summed E-state index contributed by atoms with van der Waals surface area (Å²) in [5, 5.41) is 16.6. The molecule has 0 saturated carbocycles. The van der Waals surface area contributed by atoms with E-state index in [-0.39, 0.29) is 44.9 Å². The smallest absolute Gasteiger partial charge is 0.408 e. The van der Waals surface area contributed by atoms with E-state index in [1.165, 1.54) is 0 Å². The Hall–Kier alpha value is -5.63. The molecule has 412 valence electrons. The maximum Gasteiger partial charge on any atom is 0.408 e. The fraction of sp³-hybridized carbons (Fsp3) is 0.784. The Kier molecular flexibility index (Phi) is 25.8. The molecule has 0 radical (unpaired) electrons. The minimum Gasteiger partial charge on any atom is -0.481 e. The Morgan fingerprint density at radius 1 is 0.375 bits per heavy atom. The number of ether oxygens (including phenoxy) is 6. The van der Waals surface area contributed by atoms with Crippen molar-refractivity contribution in [2.45, 2.75) is 247 Å². The van der Waals surface area contributed by atoms with Crippen LogP contribution in [0.5, 0.6) is 0 Å². The number of esters is 5. The van der Waals surface area contributed by atoms with Gasteiger partial charge in [-0.1, -0.05) is 0 Å². The second-order valence-corrected chi connectivity index (χ2v) is 23.7. The molecule has 5 atom stereocenters. The lowest BCUT2D eigenvalue weighted by molar-refractivity contribution is -0.163. The Morgan fingerprint density at radius 2 is 0.722 bits per heavy atom. The van der Waals surface area contributed by atoms with E-state index < -0.39 is 155 Å². The molecule has 0 aliphatic carbocycles. The first-order valence-electron chi connectivity index (χ1n) is 24.3. The van der Waals surface area contributed by atoms with Gasteiger partial charge in [0.2, 0.25) is 11.8 Å². The first-order valence-corrected chi connectivity index (χ1v) is 24.3. The summed E-state index contributed by atoms with van der Waals surface area (Å²) in [6.07, 6.45) is -5.05. The molecule has 0 aliphatic rings. The molecule has 21 nitrogen and oxygen atoms in total. The van der Waals surface area contributed by atoms with Crippen LogP contribution in [0.15, 0.2) is 0 Å². The summed E-state index contributed by atoms with van der Waals surface area (Å²) in [4.78, 5) is 144. The van der Waals surface area contributed by atoms with E-state index in [0.717, 1.165) is 0 Å². The molecule has 0 spiro atoms. The molecule has 4 N–H and O–H groups in total. The molecule has 0 aromatic carbocycles. The third kappa shape index (κ3) is 33.1. The van der Waals surface area contributed by atoms with Gasteiger partial charge in [-0.2, -0.15) is 0 Å². The monoisotopic (exact) mass is 1030 g/mol. The van der Waals surface area contributed by atoms with Crippen LogP contribution in [-0.2, 0) is 76.4 Å². The number of carboxylic acids is 1. The molecular weight excluding hydrogens is 943 g/mol. The van der Waals surface area contributed by atoms with Crippen molar-refractivity contribution in [3.8, 4) is 0 Å². The zero-order chi connectivity index (χ0) is 56.4. The average Bonchev–Trinajstić information content (AvgIpc) is 3.13. The van der Waals surface area contributed by atoms with E-state index in [4.69, 9.17) is 28.4 Å². The summed E-state index contributed by atoms with van der Waals surface area (Å²) in [5.74, 6) is -10.5. The van der Waals surface area contributed by atoms with Gasteiger partial charge in [0.15, 0.2) is 0 Å². The van der Waals surface area contributed by atoms with E-state index in [1.54, 1.807) is 125 Å². The van der Waals surface area contributed by atoms with Crippen molar-refractivity contribution in [3.63, 3.8) is 0 Å². The molecule has 0 rings (SSSR count). The van der Waals surface area contributed by atoms with Gasteiger partial charge >= 0.3 is 41.9 Å². The topological polar surface area (TPSA) is 299 Å². The number of carbonyl (C=O) groups excluding carboxylic acids is 10. The van der Waals surface area contributed by atoms with Crippen molar-refractivity contribution in [2.24, 2.45) is 11.8 Å². The molecule has 0 fully saturated rings. The van der Waals surface area contributed by atoms with Crippen LogP contribution >= 0.6 is 0 Å². The van der Waals surface area contributed by atoms with Gasteiger partial charge in [0.05, 0.1) is 18.3 Å². The Morgan fingerprint density at radius 3 is 1.08 bits per heavy atom. The number of rotatable bonds is 26. The van der Waals surface area contributed by atoms with E-state index in [9.17, 15) is 57.8 Å². The van der Waals surface area contributed by atoms with Crippen molar-refractivity contribution >= 4 is 65.3 Å². The van der Waals surface area contributed by atoms with Crippen LogP contribution in [-0.4, -0.2) is 122 Å². The second-order valence-electron chi connectivity index (χ2n) is 23.7. The summed E-state index contributed by atoms with van der Waals surface area (Å²) in [6.45, 7) is 29.0. The molecule has 0 aromatic rings. The zero-order valence-corrected chi connectivity index (χ0v) is 46.1. The molecule has 0 heterocycles. The van der Waals surface area contributed by atoms with Crippen molar-refractivity contribution in [1.29, 1.82) is 0 Å². The van der Waals surface area contributed by atoms with E-state index >= 15 is 0 Å². The van der Waals surface area contributed by atoms with Crippen molar-refractivity contribution in [1.82, 2.24) is 16.0 Å². The lowest BCUT2D eigenvalue weighted by Gasteiger charge is -2.27. The summed E-state index contributed by atoms with van der Waals surface area (Å²) in [7, 11) is 0. The number of alkyl carbamates (subject to hydrolysis) is 1.